The average molecular weight is 373 g/mol. The summed E-state index contributed by atoms with van der Waals surface area (Å²) in [6, 6.07) is 0. The molecule has 0 aromatic rings. The van der Waals surface area contributed by atoms with Gasteiger partial charge in [-0.25, -0.2) is 0 Å². The maximum absolute atomic E-state index is 12.6. The van der Waals surface area contributed by atoms with E-state index in [0.29, 0.717) is 13.1 Å². The Morgan fingerprint density at radius 3 is 1.81 bits per heavy atom. The number of hydrogen-bond donors (Lipinski definition) is 0. The number of nitrogens with zero attached hydrogens (tertiary/aromatic N) is 2. The number of methoxy groups -OCH3 is 1. The average Bonchev–Trinajstić information content (AvgIpc) is 2.72. The predicted molar refractivity (Wildman–Crippen MR) is 110 cm³/mol. The second kappa shape index (κ2) is 16.2. The van der Waals surface area contributed by atoms with Crippen molar-refractivity contribution in [3.05, 3.63) is 0 Å². The summed E-state index contributed by atoms with van der Waals surface area (Å²) in [6.45, 7) is 16.8. The summed E-state index contributed by atoms with van der Waals surface area (Å²) < 4.78 is 5.40. The lowest BCUT2D eigenvalue weighted by molar-refractivity contribution is -0.144. The predicted octanol–water partition coefficient (Wildman–Crippen LogP) is 3.86. The van der Waals surface area contributed by atoms with Crippen LogP contribution in [0.15, 0.2) is 0 Å². The minimum Gasteiger partial charge on any atom is -0.380 e. The molecule has 0 bridgehead atoms. The van der Waals surface area contributed by atoms with Crippen LogP contribution in [0.3, 0.4) is 0 Å². The SMILES string of the molecule is CC.CC.CC.COC1CC(C(C)=O)CN(C(=O)C2CCN(C)CC2)C1. The van der Waals surface area contributed by atoms with Crippen molar-refractivity contribution in [2.75, 3.05) is 40.3 Å². The van der Waals surface area contributed by atoms with Gasteiger partial charge in [-0.05, 0) is 46.3 Å². The minimum absolute atomic E-state index is 0.00661. The van der Waals surface area contributed by atoms with E-state index in [2.05, 4.69) is 11.9 Å². The number of ketones is 1. The number of hydrogen-bond acceptors (Lipinski definition) is 4. The molecule has 2 heterocycles. The highest BCUT2D eigenvalue weighted by Crippen LogP contribution is 2.24. The van der Waals surface area contributed by atoms with E-state index in [0.717, 1.165) is 32.4 Å². The number of amides is 1. The Morgan fingerprint density at radius 2 is 1.38 bits per heavy atom. The molecule has 2 atom stereocenters. The van der Waals surface area contributed by atoms with Crippen LogP contribution in [0.5, 0.6) is 0 Å². The Hall–Kier alpha value is -0.940. The van der Waals surface area contributed by atoms with Gasteiger partial charge in [-0.1, -0.05) is 41.5 Å². The topological polar surface area (TPSA) is 49.9 Å². The molecule has 2 fully saturated rings. The first-order chi connectivity index (χ1) is 12.5. The fraction of sp³-hybridized carbons (Fsp3) is 0.905. The summed E-state index contributed by atoms with van der Waals surface area (Å²) >= 11 is 0. The van der Waals surface area contributed by atoms with Gasteiger partial charge in [-0.2, -0.15) is 0 Å². The Morgan fingerprint density at radius 1 is 0.885 bits per heavy atom. The van der Waals surface area contributed by atoms with Crippen molar-refractivity contribution in [3.63, 3.8) is 0 Å². The summed E-state index contributed by atoms with van der Waals surface area (Å²) in [5.74, 6) is 0.428. The van der Waals surface area contributed by atoms with Crippen LogP contribution in [0.25, 0.3) is 0 Å². The number of piperidine rings is 2. The Kier molecular flexibility index (Phi) is 17.0. The quantitative estimate of drug-likeness (QED) is 0.755. The van der Waals surface area contributed by atoms with E-state index in [1.54, 1.807) is 14.0 Å². The van der Waals surface area contributed by atoms with E-state index >= 15 is 0 Å². The van der Waals surface area contributed by atoms with E-state index in [-0.39, 0.29) is 29.6 Å². The lowest BCUT2D eigenvalue weighted by atomic mass is 9.90. The van der Waals surface area contributed by atoms with Crippen LogP contribution >= 0.6 is 0 Å². The molecule has 26 heavy (non-hydrogen) atoms. The molecule has 0 aromatic heterocycles. The van der Waals surface area contributed by atoms with Gasteiger partial charge in [0.25, 0.3) is 0 Å². The van der Waals surface area contributed by atoms with Crippen molar-refractivity contribution < 1.29 is 14.3 Å². The van der Waals surface area contributed by atoms with Crippen molar-refractivity contribution >= 4 is 11.7 Å². The fourth-order valence-electron chi connectivity index (χ4n) is 3.21. The molecular formula is C21H44N2O3. The number of Topliss-reactive ketones (excluding diaryl/α,β-unsaturated/α-hetero) is 1. The van der Waals surface area contributed by atoms with Crippen LogP contribution in [0.2, 0.25) is 0 Å². The third-order valence-electron chi connectivity index (χ3n) is 4.70. The summed E-state index contributed by atoms with van der Waals surface area (Å²) in [7, 11) is 3.75. The van der Waals surface area contributed by atoms with Gasteiger partial charge in [0, 0.05) is 32.0 Å². The fourth-order valence-corrected chi connectivity index (χ4v) is 3.21. The van der Waals surface area contributed by atoms with Gasteiger partial charge in [0.2, 0.25) is 5.91 Å². The first kappa shape index (κ1) is 27.3. The Labute approximate surface area is 162 Å². The summed E-state index contributed by atoms with van der Waals surface area (Å²) in [5.41, 5.74) is 0. The third-order valence-corrected chi connectivity index (χ3v) is 4.70. The molecule has 2 unspecified atom stereocenters. The second-order valence-corrected chi connectivity index (χ2v) is 6.22. The number of ether oxygens (including phenoxy) is 1. The highest BCUT2D eigenvalue weighted by Gasteiger charge is 2.35. The van der Waals surface area contributed by atoms with Crippen molar-refractivity contribution in [2.45, 2.75) is 73.8 Å². The molecule has 156 valence electrons. The minimum atomic E-state index is -0.0658. The van der Waals surface area contributed by atoms with Gasteiger partial charge in [0.05, 0.1) is 6.10 Å². The van der Waals surface area contributed by atoms with Crippen molar-refractivity contribution in [1.29, 1.82) is 0 Å². The highest BCUT2D eigenvalue weighted by molar-refractivity contribution is 5.82. The van der Waals surface area contributed by atoms with Gasteiger partial charge in [-0.3, -0.25) is 9.59 Å². The molecule has 5 heteroatoms. The normalized spacial score (nSPS) is 23.3. The maximum atomic E-state index is 12.6. The molecule has 0 radical (unpaired) electrons. The third kappa shape index (κ3) is 9.13. The van der Waals surface area contributed by atoms with Gasteiger partial charge in [0.15, 0.2) is 0 Å². The van der Waals surface area contributed by atoms with Crippen molar-refractivity contribution in [3.8, 4) is 0 Å². The van der Waals surface area contributed by atoms with Crippen molar-refractivity contribution in [1.82, 2.24) is 9.80 Å². The van der Waals surface area contributed by atoms with Crippen LogP contribution in [-0.2, 0) is 14.3 Å². The van der Waals surface area contributed by atoms with E-state index < -0.39 is 0 Å². The molecule has 2 saturated heterocycles. The van der Waals surface area contributed by atoms with E-state index in [4.69, 9.17) is 4.74 Å². The van der Waals surface area contributed by atoms with Gasteiger partial charge in [-0.15, -0.1) is 0 Å². The molecule has 2 aliphatic heterocycles. The van der Waals surface area contributed by atoms with Crippen LogP contribution < -0.4 is 0 Å². The van der Waals surface area contributed by atoms with E-state index in [1.807, 2.05) is 46.4 Å². The van der Waals surface area contributed by atoms with Crippen LogP contribution in [0, 0.1) is 11.8 Å². The van der Waals surface area contributed by atoms with Crippen molar-refractivity contribution in [2.24, 2.45) is 11.8 Å². The van der Waals surface area contributed by atoms with Crippen LogP contribution in [0.4, 0.5) is 0 Å². The number of carbonyl (C=O) groups excluding carboxylic acids is 2. The van der Waals surface area contributed by atoms with Gasteiger partial charge >= 0.3 is 0 Å². The molecule has 0 N–H and O–H groups in total. The molecular weight excluding hydrogens is 328 g/mol. The molecule has 2 aliphatic rings. The number of carbonyl (C=O) groups is 2. The summed E-state index contributed by atoms with van der Waals surface area (Å²) in [5, 5.41) is 0. The lowest BCUT2D eigenvalue weighted by Gasteiger charge is -2.39. The van der Waals surface area contributed by atoms with Crippen LogP contribution in [0.1, 0.15) is 67.7 Å². The molecule has 0 aromatic carbocycles. The number of likely N-dealkylation sites (tertiary alicyclic amines) is 2. The maximum Gasteiger partial charge on any atom is 0.225 e. The van der Waals surface area contributed by atoms with E-state index in [9.17, 15) is 9.59 Å². The molecule has 0 spiro atoms. The Bertz CT molecular complexity index is 366. The standard InChI is InChI=1S/C15H26N2O3.3C2H6/c1-11(18)13-8-14(20-3)10-17(9-13)15(19)12-4-6-16(2)7-5-12;3*1-2/h12-14H,4-10H2,1-3H3;3*1-2H3. The highest BCUT2D eigenvalue weighted by atomic mass is 16.5. The lowest BCUT2D eigenvalue weighted by Crippen LogP contribution is -2.51. The summed E-state index contributed by atoms with van der Waals surface area (Å²) in [4.78, 5) is 28.4. The first-order valence-electron chi connectivity index (χ1n) is 10.5. The Balaban J connectivity index is 0. The van der Waals surface area contributed by atoms with Gasteiger partial charge < -0.3 is 14.5 Å². The molecule has 2 rings (SSSR count). The smallest absolute Gasteiger partial charge is 0.225 e. The number of rotatable bonds is 3. The van der Waals surface area contributed by atoms with E-state index in [1.165, 1.54) is 0 Å². The summed E-state index contributed by atoms with van der Waals surface area (Å²) in [6.07, 6.45) is 2.58. The first-order valence-corrected chi connectivity index (χ1v) is 10.5. The largest absolute Gasteiger partial charge is 0.380 e. The zero-order chi connectivity index (χ0) is 20.7. The molecule has 0 saturated carbocycles. The second-order valence-electron chi connectivity index (χ2n) is 6.22. The molecule has 0 aliphatic carbocycles. The monoisotopic (exact) mass is 372 g/mol. The zero-order valence-corrected chi connectivity index (χ0v) is 18.8. The van der Waals surface area contributed by atoms with Crippen LogP contribution in [-0.4, -0.2) is 67.9 Å². The molecule has 1 amide bonds. The zero-order valence-electron chi connectivity index (χ0n) is 18.8. The van der Waals surface area contributed by atoms with Gasteiger partial charge in [0.1, 0.15) is 5.78 Å². The molecule has 5 nitrogen and oxygen atoms in total.